The van der Waals surface area contributed by atoms with Crippen LogP contribution in [0, 0.1) is 0 Å². The molecule has 0 radical (unpaired) electrons. The van der Waals surface area contributed by atoms with Crippen LogP contribution in [0.4, 0.5) is 0 Å². The Morgan fingerprint density at radius 2 is 2.17 bits per heavy atom. The van der Waals surface area contributed by atoms with Crippen LogP contribution >= 0.6 is 11.3 Å². The number of aryl methyl sites for hydroxylation is 1. The molecule has 23 heavy (non-hydrogen) atoms. The van der Waals surface area contributed by atoms with E-state index in [2.05, 4.69) is 42.0 Å². The van der Waals surface area contributed by atoms with Gasteiger partial charge < -0.3 is 10.7 Å². The maximum absolute atomic E-state index is 5.68. The van der Waals surface area contributed by atoms with Crippen LogP contribution in [-0.2, 0) is 6.42 Å². The Balaban J connectivity index is 2.08. The molecule has 0 spiro atoms. The average molecular weight is 327 g/mol. The minimum Gasteiger partial charge on any atom is -0.352 e. The van der Waals surface area contributed by atoms with Crippen molar-refractivity contribution in [1.29, 1.82) is 0 Å². The van der Waals surface area contributed by atoms with Crippen molar-refractivity contribution in [2.45, 2.75) is 45.4 Å². The minimum atomic E-state index is 0.592. The van der Waals surface area contributed by atoms with Crippen LogP contribution in [0.15, 0.2) is 29.8 Å². The Labute approximate surface area is 141 Å². The molecule has 0 aliphatic heterocycles. The first-order valence-electron chi connectivity index (χ1n) is 8.49. The van der Waals surface area contributed by atoms with Gasteiger partial charge in [0.05, 0.1) is 5.69 Å². The molecule has 2 aromatic heterocycles. The Morgan fingerprint density at radius 1 is 1.30 bits per heavy atom. The van der Waals surface area contributed by atoms with Gasteiger partial charge in [0.1, 0.15) is 5.01 Å². The molecule has 0 fully saturated rings. The summed E-state index contributed by atoms with van der Waals surface area (Å²) in [6.45, 7) is 5.30. The van der Waals surface area contributed by atoms with Crippen LogP contribution < -0.4 is 5.73 Å². The van der Waals surface area contributed by atoms with E-state index in [0.29, 0.717) is 5.92 Å². The summed E-state index contributed by atoms with van der Waals surface area (Å²) in [7, 11) is 0. The number of nitrogens with zero attached hydrogens (tertiary/aromatic N) is 1. The molecule has 3 nitrogen and oxygen atoms in total. The first-order chi connectivity index (χ1) is 11.2. The molecule has 0 saturated heterocycles. The van der Waals surface area contributed by atoms with Gasteiger partial charge in [0.25, 0.3) is 0 Å². The Bertz CT molecular complexity index is 758. The first kappa shape index (κ1) is 16.2. The van der Waals surface area contributed by atoms with Gasteiger partial charge in [0.15, 0.2) is 0 Å². The van der Waals surface area contributed by atoms with E-state index in [4.69, 9.17) is 5.73 Å². The quantitative estimate of drug-likeness (QED) is 0.594. The van der Waals surface area contributed by atoms with Gasteiger partial charge in [0.2, 0.25) is 0 Å². The summed E-state index contributed by atoms with van der Waals surface area (Å²) in [5.41, 5.74) is 10.9. The van der Waals surface area contributed by atoms with Gasteiger partial charge in [0, 0.05) is 22.5 Å². The second-order valence-electron chi connectivity index (χ2n) is 6.18. The fourth-order valence-corrected chi connectivity index (χ4v) is 3.71. The van der Waals surface area contributed by atoms with E-state index in [1.54, 1.807) is 11.3 Å². The highest BCUT2D eigenvalue weighted by Gasteiger charge is 2.16. The number of aromatic amines is 1. The maximum Gasteiger partial charge on any atom is 0.139 e. The maximum atomic E-state index is 5.68. The Hall–Kier alpha value is -1.65. The van der Waals surface area contributed by atoms with Crippen molar-refractivity contribution in [3.05, 3.63) is 40.9 Å². The average Bonchev–Trinajstić information content (AvgIpc) is 3.21. The van der Waals surface area contributed by atoms with Crippen LogP contribution in [0.3, 0.4) is 0 Å². The lowest BCUT2D eigenvalue weighted by Gasteiger charge is -2.09. The highest BCUT2D eigenvalue weighted by Crippen LogP contribution is 2.34. The molecule has 3 N–H and O–H groups in total. The molecular weight excluding hydrogens is 302 g/mol. The molecule has 1 atom stereocenters. The number of rotatable bonds is 7. The van der Waals surface area contributed by atoms with Gasteiger partial charge >= 0.3 is 0 Å². The van der Waals surface area contributed by atoms with E-state index in [9.17, 15) is 0 Å². The standard InChI is InChI=1S/C19H25N3S/c1-3-13(2)14-7-8-17-16(12-14)15(6-4-5-9-20)18(22-17)19-21-10-11-23-19/h7-8,10-13,22H,3-6,9,20H2,1-2H3. The zero-order chi connectivity index (χ0) is 16.2. The Morgan fingerprint density at radius 3 is 2.87 bits per heavy atom. The predicted octanol–water partition coefficient (Wildman–Crippen LogP) is 5.09. The van der Waals surface area contributed by atoms with E-state index in [1.165, 1.54) is 27.7 Å². The number of nitrogens with two attached hydrogens (primary N) is 1. The summed E-state index contributed by atoms with van der Waals surface area (Å²) in [5, 5.41) is 4.47. The molecule has 122 valence electrons. The summed E-state index contributed by atoms with van der Waals surface area (Å²) < 4.78 is 0. The van der Waals surface area contributed by atoms with Crippen LogP contribution in [0.2, 0.25) is 0 Å². The van der Waals surface area contributed by atoms with Gasteiger partial charge in [-0.15, -0.1) is 11.3 Å². The third kappa shape index (κ3) is 3.33. The van der Waals surface area contributed by atoms with Crippen LogP contribution in [-0.4, -0.2) is 16.5 Å². The van der Waals surface area contributed by atoms with E-state index >= 15 is 0 Å². The van der Waals surface area contributed by atoms with Gasteiger partial charge in [-0.05, 0) is 61.4 Å². The number of hydrogen-bond donors (Lipinski definition) is 2. The van der Waals surface area contributed by atoms with Gasteiger partial charge in [-0.25, -0.2) is 4.98 Å². The normalized spacial score (nSPS) is 12.8. The molecule has 0 saturated carbocycles. The minimum absolute atomic E-state index is 0.592. The van der Waals surface area contributed by atoms with Crippen molar-refractivity contribution in [3.63, 3.8) is 0 Å². The fourth-order valence-electron chi connectivity index (χ4n) is 3.04. The molecule has 0 bridgehead atoms. The molecule has 3 aromatic rings. The highest BCUT2D eigenvalue weighted by molar-refractivity contribution is 7.13. The van der Waals surface area contributed by atoms with Crippen LogP contribution in [0.1, 0.15) is 50.2 Å². The molecule has 0 aliphatic rings. The number of aromatic nitrogens is 2. The molecule has 0 amide bonds. The largest absolute Gasteiger partial charge is 0.352 e. The van der Waals surface area contributed by atoms with E-state index in [-0.39, 0.29) is 0 Å². The zero-order valence-corrected chi connectivity index (χ0v) is 14.7. The lowest BCUT2D eigenvalue weighted by molar-refractivity contribution is 0.734. The topological polar surface area (TPSA) is 54.7 Å². The van der Waals surface area contributed by atoms with E-state index in [0.717, 1.165) is 37.2 Å². The fraction of sp³-hybridized carbons (Fsp3) is 0.421. The second-order valence-corrected chi connectivity index (χ2v) is 7.07. The second kappa shape index (κ2) is 7.28. The Kier molecular flexibility index (Phi) is 5.13. The monoisotopic (exact) mass is 327 g/mol. The van der Waals surface area contributed by atoms with Crippen LogP contribution in [0.5, 0.6) is 0 Å². The number of nitrogens with one attached hydrogen (secondary N) is 1. The molecule has 0 aliphatic carbocycles. The smallest absolute Gasteiger partial charge is 0.139 e. The number of thiazole rings is 1. The van der Waals surface area contributed by atoms with Crippen molar-refractivity contribution in [1.82, 2.24) is 9.97 Å². The molecular formula is C19H25N3S. The third-order valence-corrected chi connectivity index (χ3v) is 5.43. The van der Waals surface area contributed by atoms with Gasteiger partial charge in [-0.1, -0.05) is 19.9 Å². The SMILES string of the molecule is CCC(C)c1ccc2[nH]c(-c3nccs3)c(CCCCN)c2c1. The molecule has 4 heteroatoms. The lowest BCUT2D eigenvalue weighted by Crippen LogP contribution is -1.99. The first-order valence-corrected chi connectivity index (χ1v) is 9.37. The van der Waals surface area contributed by atoms with Crippen molar-refractivity contribution in [2.75, 3.05) is 6.54 Å². The summed E-state index contributed by atoms with van der Waals surface area (Å²) in [4.78, 5) is 8.10. The van der Waals surface area contributed by atoms with Gasteiger partial charge in [-0.3, -0.25) is 0 Å². The van der Waals surface area contributed by atoms with Gasteiger partial charge in [-0.2, -0.15) is 0 Å². The molecule has 1 aromatic carbocycles. The van der Waals surface area contributed by atoms with Crippen molar-refractivity contribution < 1.29 is 0 Å². The molecule has 3 rings (SSSR count). The summed E-state index contributed by atoms with van der Waals surface area (Å²) >= 11 is 1.69. The van der Waals surface area contributed by atoms with E-state index in [1.807, 2.05) is 11.6 Å². The van der Waals surface area contributed by atoms with E-state index < -0.39 is 0 Å². The van der Waals surface area contributed by atoms with Crippen molar-refractivity contribution in [3.8, 4) is 10.7 Å². The number of hydrogen-bond acceptors (Lipinski definition) is 3. The third-order valence-electron chi connectivity index (χ3n) is 4.64. The zero-order valence-electron chi connectivity index (χ0n) is 13.9. The highest BCUT2D eigenvalue weighted by atomic mass is 32.1. The van der Waals surface area contributed by atoms with Crippen molar-refractivity contribution >= 4 is 22.2 Å². The lowest BCUT2D eigenvalue weighted by atomic mass is 9.95. The summed E-state index contributed by atoms with van der Waals surface area (Å²) in [5.74, 6) is 0.592. The number of benzene rings is 1. The molecule has 1 unspecified atom stereocenters. The number of fused-ring (bicyclic) bond motifs is 1. The van der Waals surface area contributed by atoms with Crippen LogP contribution in [0.25, 0.3) is 21.6 Å². The molecule has 2 heterocycles. The van der Waals surface area contributed by atoms with Crippen molar-refractivity contribution in [2.24, 2.45) is 5.73 Å². The number of H-pyrrole nitrogens is 1. The number of unbranched alkanes of at least 4 members (excludes halogenated alkanes) is 1. The summed E-state index contributed by atoms with van der Waals surface area (Å²) in [6.07, 6.45) is 6.28. The predicted molar refractivity (Wildman–Crippen MR) is 100 cm³/mol. The summed E-state index contributed by atoms with van der Waals surface area (Å²) in [6, 6.07) is 6.84.